The first-order valence-corrected chi connectivity index (χ1v) is 17.7. The van der Waals surface area contributed by atoms with Crippen molar-refractivity contribution in [3.05, 3.63) is 94.9 Å². The summed E-state index contributed by atoms with van der Waals surface area (Å²) in [6.45, 7) is 5.96. The number of aromatic nitrogens is 4. The number of H-pyrrole nitrogens is 1. The lowest BCUT2D eigenvalue weighted by Gasteiger charge is -2.30. The molecule has 4 bridgehead atoms. The molecule has 0 fully saturated rings. The van der Waals surface area contributed by atoms with Gasteiger partial charge in [-0.15, -0.1) is 0 Å². The molecule has 1 unspecified atom stereocenters. The predicted octanol–water partition coefficient (Wildman–Crippen LogP) is 7.04. The van der Waals surface area contributed by atoms with Gasteiger partial charge in [-0.05, 0) is 73.4 Å². The van der Waals surface area contributed by atoms with Crippen molar-refractivity contribution in [1.29, 1.82) is 0 Å². The Morgan fingerprint density at radius 2 is 1.85 bits per heavy atom. The number of halogens is 2. The van der Waals surface area contributed by atoms with Gasteiger partial charge in [0, 0.05) is 42.4 Å². The van der Waals surface area contributed by atoms with Gasteiger partial charge in [0.05, 0.1) is 22.5 Å². The highest BCUT2D eigenvalue weighted by molar-refractivity contribution is 7.91. The molecule has 6 rings (SSSR count). The molecule has 2 aromatic heterocycles. The minimum Gasteiger partial charge on any atom is -0.454 e. The number of hydrogen-bond acceptors (Lipinski definition) is 6. The second-order valence-corrected chi connectivity index (χ2v) is 15.8. The average molecular weight is 663 g/mol. The second-order valence-electron chi connectivity index (χ2n) is 13.6. The van der Waals surface area contributed by atoms with Crippen LogP contribution >= 0.6 is 0 Å². The van der Waals surface area contributed by atoms with Gasteiger partial charge in [-0.2, -0.15) is 5.10 Å². The molecule has 8 nitrogen and oxygen atoms in total. The van der Waals surface area contributed by atoms with Crippen molar-refractivity contribution in [1.82, 2.24) is 19.7 Å². The van der Waals surface area contributed by atoms with Crippen LogP contribution in [0.5, 0.6) is 11.5 Å². The van der Waals surface area contributed by atoms with E-state index in [0.29, 0.717) is 48.0 Å². The molecule has 1 atom stereocenters. The lowest BCUT2D eigenvalue weighted by Crippen LogP contribution is -2.29. The lowest BCUT2D eigenvalue weighted by molar-refractivity contribution is 0.299. The molecule has 0 saturated carbocycles. The molecule has 1 aliphatic heterocycles. The molecule has 3 heterocycles. The van der Waals surface area contributed by atoms with Crippen LogP contribution in [0.4, 0.5) is 8.78 Å². The summed E-state index contributed by atoms with van der Waals surface area (Å²) in [5.74, 6) is -0.570. The summed E-state index contributed by atoms with van der Waals surface area (Å²) in [6, 6.07) is 15.1. The Morgan fingerprint density at radius 3 is 2.64 bits per heavy atom. The van der Waals surface area contributed by atoms with Gasteiger partial charge in [-0.1, -0.05) is 44.5 Å². The van der Waals surface area contributed by atoms with Gasteiger partial charge in [0.2, 0.25) is 0 Å². The SMILES string of the molecule is Cn1nc2nc1-c1cc(ccc1F)Oc1c(F)cc3[nH]ccc3c1CCS(=O)(=O)CC(C)(C)CCCC2(C)c1cccc(CCO)c1. The molecule has 2 N–H and O–H groups in total. The Kier molecular flexibility index (Phi) is 8.73. The monoisotopic (exact) mass is 662 g/mol. The minimum atomic E-state index is -3.56. The van der Waals surface area contributed by atoms with Gasteiger partial charge < -0.3 is 14.8 Å². The van der Waals surface area contributed by atoms with Crippen LogP contribution in [-0.2, 0) is 35.1 Å². The Balaban J connectivity index is 1.52. The van der Waals surface area contributed by atoms with Crippen LogP contribution in [0.1, 0.15) is 62.5 Å². The highest BCUT2D eigenvalue weighted by atomic mass is 32.2. The zero-order valence-corrected chi connectivity index (χ0v) is 27.9. The Hall–Kier alpha value is -4.09. The van der Waals surface area contributed by atoms with Gasteiger partial charge in [-0.3, -0.25) is 0 Å². The van der Waals surface area contributed by atoms with E-state index in [0.717, 1.165) is 11.1 Å². The third kappa shape index (κ3) is 6.69. The van der Waals surface area contributed by atoms with E-state index in [9.17, 15) is 13.5 Å². The van der Waals surface area contributed by atoms with Crippen LogP contribution in [-0.4, -0.2) is 51.4 Å². The van der Waals surface area contributed by atoms with Crippen molar-refractivity contribution in [2.45, 2.75) is 58.3 Å². The van der Waals surface area contributed by atoms with E-state index in [-0.39, 0.29) is 47.4 Å². The fraction of sp³-hybridized carbons (Fsp3) is 0.389. The Bertz CT molecular complexity index is 2050. The van der Waals surface area contributed by atoms with Crippen molar-refractivity contribution in [3.63, 3.8) is 0 Å². The van der Waals surface area contributed by atoms with E-state index < -0.39 is 32.3 Å². The molecular weight excluding hydrogens is 622 g/mol. The maximum absolute atomic E-state index is 15.6. The highest BCUT2D eigenvalue weighted by Gasteiger charge is 2.36. The number of hydrogen-bond donors (Lipinski definition) is 2. The number of fused-ring (bicyclic) bond motifs is 8. The molecule has 47 heavy (non-hydrogen) atoms. The first-order valence-electron chi connectivity index (χ1n) is 15.9. The zero-order valence-electron chi connectivity index (χ0n) is 27.1. The standard InChI is InChI=1S/C36H40F2N4O4S/c1-35(2)14-6-15-36(3,24-8-5-7-23(19-24)12-17-43)34-40-33(42(4)41-34)28-20-25(9-10-29(28)37)46-32-27(13-18-47(44,45)22-35)26-11-16-39-31(26)21-30(32)38/h5,7-11,16,19-21,39,43H,6,12-15,17-18,22H2,1-4H3. The van der Waals surface area contributed by atoms with Crippen LogP contribution in [0.3, 0.4) is 0 Å². The van der Waals surface area contributed by atoms with E-state index in [1.807, 2.05) is 45.0 Å². The quantitative estimate of drug-likeness (QED) is 0.215. The molecule has 0 saturated heterocycles. The third-order valence-corrected chi connectivity index (χ3v) is 11.3. The fourth-order valence-electron chi connectivity index (χ4n) is 6.79. The molecule has 1 aliphatic rings. The molecule has 5 aromatic rings. The second kappa shape index (κ2) is 12.5. The molecule has 0 aliphatic carbocycles. The molecule has 11 heteroatoms. The summed E-state index contributed by atoms with van der Waals surface area (Å²) in [4.78, 5) is 7.90. The number of sulfone groups is 1. The number of aryl methyl sites for hydroxylation is 2. The van der Waals surface area contributed by atoms with Gasteiger partial charge in [-0.25, -0.2) is 26.9 Å². The number of nitrogens with zero attached hydrogens (tertiary/aromatic N) is 3. The van der Waals surface area contributed by atoms with Crippen molar-refractivity contribution < 1.29 is 27.0 Å². The molecule has 0 radical (unpaired) electrons. The summed E-state index contributed by atoms with van der Waals surface area (Å²) in [7, 11) is -1.85. The van der Waals surface area contributed by atoms with Gasteiger partial charge >= 0.3 is 0 Å². The van der Waals surface area contributed by atoms with E-state index in [2.05, 4.69) is 4.98 Å². The fourth-order valence-corrected chi connectivity index (χ4v) is 8.79. The van der Waals surface area contributed by atoms with Crippen molar-refractivity contribution >= 4 is 20.7 Å². The average Bonchev–Trinajstić information content (AvgIpc) is 3.63. The number of benzene rings is 3. The molecule has 248 valence electrons. The van der Waals surface area contributed by atoms with Crippen molar-refractivity contribution in [3.8, 4) is 22.9 Å². The number of nitrogens with one attached hydrogen (secondary N) is 1. The van der Waals surface area contributed by atoms with Crippen LogP contribution < -0.4 is 4.74 Å². The van der Waals surface area contributed by atoms with Gasteiger partial charge in [0.1, 0.15) is 11.6 Å². The first-order chi connectivity index (χ1) is 22.3. The summed E-state index contributed by atoms with van der Waals surface area (Å²) in [5.41, 5.74) is 1.74. The topological polar surface area (TPSA) is 110 Å². The number of aromatic amines is 1. The maximum atomic E-state index is 15.6. The molecule has 0 spiro atoms. The summed E-state index contributed by atoms with van der Waals surface area (Å²) in [6.07, 6.45) is 4.10. The number of rotatable bonds is 3. The first kappa shape index (κ1) is 32.8. The zero-order chi connectivity index (χ0) is 33.6. The summed E-state index contributed by atoms with van der Waals surface area (Å²) < 4.78 is 65.9. The van der Waals surface area contributed by atoms with E-state index in [1.165, 1.54) is 28.9 Å². The number of ether oxygens (including phenoxy) is 1. The minimum absolute atomic E-state index is 0.0109. The molecule has 3 aromatic carbocycles. The Labute approximate surface area is 273 Å². The largest absolute Gasteiger partial charge is 0.454 e. The van der Waals surface area contributed by atoms with Crippen LogP contribution in [0, 0.1) is 17.0 Å². The van der Waals surface area contributed by atoms with Crippen LogP contribution in [0.2, 0.25) is 0 Å². The van der Waals surface area contributed by atoms with Gasteiger partial charge in [0.15, 0.2) is 33.1 Å². The predicted molar refractivity (Wildman–Crippen MR) is 178 cm³/mol. The van der Waals surface area contributed by atoms with Crippen molar-refractivity contribution in [2.24, 2.45) is 12.5 Å². The third-order valence-electron chi connectivity index (χ3n) is 9.29. The molecular formula is C36H40F2N4O4S. The molecule has 0 amide bonds. The Morgan fingerprint density at radius 1 is 1.04 bits per heavy atom. The van der Waals surface area contributed by atoms with Crippen LogP contribution in [0.25, 0.3) is 22.3 Å². The lowest BCUT2D eigenvalue weighted by atomic mass is 9.75. The highest BCUT2D eigenvalue weighted by Crippen LogP contribution is 2.41. The maximum Gasteiger partial charge on any atom is 0.168 e. The summed E-state index contributed by atoms with van der Waals surface area (Å²) >= 11 is 0. The normalized spacial score (nSPS) is 19.8. The van der Waals surface area contributed by atoms with E-state index >= 15 is 8.78 Å². The van der Waals surface area contributed by atoms with Gasteiger partial charge in [0.25, 0.3) is 0 Å². The smallest absolute Gasteiger partial charge is 0.168 e. The van der Waals surface area contributed by atoms with Crippen molar-refractivity contribution in [2.75, 3.05) is 18.1 Å². The number of aliphatic hydroxyl groups excluding tert-OH is 1. The number of aliphatic hydroxyl groups is 1. The van der Waals surface area contributed by atoms with E-state index in [1.54, 1.807) is 19.3 Å². The summed E-state index contributed by atoms with van der Waals surface area (Å²) in [5, 5.41) is 15.0. The van der Waals surface area contributed by atoms with Crippen LogP contribution in [0.15, 0.2) is 60.8 Å². The van der Waals surface area contributed by atoms with E-state index in [4.69, 9.17) is 14.8 Å².